The molecule has 5 nitrogen and oxygen atoms in total. The van der Waals surface area contributed by atoms with Gasteiger partial charge in [-0.05, 0) is 56.2 Å². The minimum atomic E-state index is -0.146. The van der Waals surface area contributed by atoms with E-state index in [1.165, 1.54) is 19.3 Å². The fourth-order valence-corrected chi connectivity index (χ4v) is 3.38. The van der Waals surface area contributed by atoms with Crippen LogP contribution in [-0.4, -0.2) is 24.4 Å². The lowest BCUT2D eigenvalue weighted by Crippen LogP contribution is -2.37. The van der Waals surface area contributed by atoms with Crippen LogP contribution in [0.4, 0.5) is 11.4 Å². The second kappa shape index (κ2) is 9.33. The lowest BCUT2D eigenvalue weighted by molar-refractivity contribution is -0.115. The number of hydrogen-bond donors (Lipinski definition) is 3. The summed E-state index contributed by atoms with van der Waals surface area (Å²) < 4.78 is 0. The number of rotatable bonds is 6. The zero-order valence-electron chi connectivity index (χ0n) is 15.8. The molecule has 0 radical (unpaired) electrons. The molecular formula is C22H27N3O2. The van der Waals surface area contributed by atoms with Crippen molar-refractivity contribution in [3.63, 3.8) is 0 Å². The molecule has 0 saturated heterocycles. The van der Waals surface area contributed by atoms with Gasteiger partial charge in [-0.1, -0.05) is 37.0 Å². The molecule has 5 heteroatoms. The molecular weight excluding hydrogens is 338 g/mol. The van der Waals surface area contributed by atoms with Gasteiger partial charge in [0.25, 0.3) is 5.91 Å². The molecule has 1 saturated carbocycles. The van der Waals surface area contributed by atoms with Crippen LogP contribution in [0.1, 0.15) is 48.0 Å². The first-order chi connectivity index (χ1) is 13.1. The van der Waals surface area contributed by atoms with E-state index in [0.717, 1.165) is 24.1 Å². The van der Waals surface area contributed by atoms with Crippen molar-refractivity contribution in [1.29, 1.82) is 0 Å². The van der Waals surface area contributed by atoms with Gasteiger partial charge in [0.15, 0.2) is 0 Å². The molecule has 0 bridgehead atoms. The van der Waals surface area contributed by atoms with Crippen LogP contribution in [0.2, 0.25) is 0 Å². The lowest BCUT2D eigenvalue weighted by Gasteiger charge is -2.22. The van der Waals surface area contributed by atoms with E-state index < -0.39 is 0 Å². The molecule has 1 aliphatic carbocycles. The molecule has 1 aliphatic rings. The molecule has 0 atom stereocenters. The van der Waals surface area contributed by atoms with E-state index in [1.807, 2.05) is 25.1 Å². The second-order valence-electron chi connectivity index (χ2n) is 7.16. The van der Waals surface area contributed by atoms with Crippen molar-refractivity contribution < 1.29 is 9.59 Å². The van der Waals surface area contributed by atoms with Gasteiger partial charge in [-0.2, -0.15) is 0 Å². The summed E-state index contributed by atoms with van der Waals surface area (Å²) in [4.78, 5) is 24.4. The summed E-state index contributed by atoms with van der Waals surface area (Å²) in [7, 11) is 0. The number of benzene rings is 2. The summed E-state index contributed by atoms with van der Waals surface area (Å²) in [5, 5.41) is 9.09. The molecule has 1 fully saturated rings. The topological polar surface area (TPSA) is 70.2 Å². The highest BCUT2D eigenvalue weighted by Gasteiger charge is 2.14. The molecule has 3 N–H and O–H groups in total. The van der Waals surface area contributed by atoms with E-state index in [0.29, 0.717) is 23.8 Å². The number of amides is 2. The minimum Gasteiger partial charge on any atom is -0.325 e. The van der Waals surface area contributed by atoms with E-state index in [4.69, 9.17) is 0 Å². The fraction of sp³-hybridized carbons (Fsp3) is 0.364. The van der Waals surface area contributed by atoms with Crippen molar-refractivity contribution >= 4 is 23.2 Å². The molecule has 2 aromatic rings. The van der Waals surface area contributed by atoms with Crippen molar-refractivity contribution in [3.05, 3.63) is 59.7 Å². The van der Waals surface area contributed by atoms with Gasteiger partial charge in [0.2, 0.25) is 5.91 Å². The summed E-state index contributed by atoms with van der Waals surface area (Å²) in [5.41, 5.74) is 3.09. The van der Waals surface area contributed by atoms with Crippen LogP contribution in [0.15, 0.2) is 48.5 Å². The van der Waals surface area contributed by atoms with Crippen LogP contribution in [0.25, 0.3) is 0 Å². The molecule has 142 valence electrons. The first-order valence-corrected chi connectivity index (χ1v) is 9.61. The highest BCUT2D eigenvalue weighted by atomic mass is 16.2. The van der Waals surface area contributed by atoms with Crippen LogP contribution >= 0.6 is 0 Å². The predicted octanol–water partition coefficient (Wildman–Crippen LogP) is 4.11. The highest BCUT2D eigenvalue weighted by Crippen LogP contribution is 2.17. The molecule has 0 aliphatic heterocycles. The molecule has 0 spiro atoms. The van der Waals surface area contributed by atoms with Crippen LogP contribution in [0.3, 0.4) is 0 Å². The summed E-state index contributed by atoms with van der Waals surface area (Å²) >= 11 is 0. The Morgan fingerprint density at radius 3 is 2.26 bits per heavy atom. The lowest BCUT2D eigenvalue weighted by atomic mass is 9.95. The van der Waals surface area contributed by atoms with Gasteiger partial charge in [0, 0.05) is 23.0 Å². The Morgan fingerprint density at radius 2 is 1.59 bits per heavy atom. The van der Waals surface area contributed by atoms with Crippen molar-refractivity contribution in [1.82, 2.24) is 5.32 Å². The van der Waals surface area contributed by atoms with Crippen LogP contribution in [0, 0.1) is 6.92 Å². The number of nitrogens with one attached hydrogen (secondary N) is 3. The molecule has 3 rings (SSSR count). The van der Waals surface area contributed by atoms with Gasteiger partial charge in [-0.15, -0.1) is 0 Å². The minimum absolute atomic E-state index is 0.0443. The normalized spacial score (nSPS) is 14.6. The Kier molecular flexibility index (Phi) is 6.60. The Labute approximate surface area is 160 Å². The summed E-state index contributed by atoms with van der Waals surface area (Å²) in [6.45, 7) is 2.29. The Balaban J connectivity index is 1.48. The number of carbonyl (C=O) groups excluding carboxylic acids is 2. The zero-order valence-corrected chi connectivity index (χ0v) is 15.8. The third-order valence-corrected chi connectivity index (χ3v) is 4.86. The van der Waals surface area contributed by atoms with Crippen LogP contribution in [0.5, 0.6) is 0 Å². The standard InChI is InChI=1S/C22H27N3O2/c1-16-6-5-7-17(14-16)22(27)25-20-12-10-19(11-13-20)24-21(26)15-23-18-8-3-2-4-9-18/h5-7,10-14,18,23H,2-4,8-9,15H2,1H3,(H,24,26)(H,25,27). The average Bonchev–Trinajstić information content (AvgIpc) is 2.69. The molecule has 2 amide bonds. The molecule has 0 unspecified atom stereocenters. The number of aryl methyl sites for hydroxylation is 1. The SMILES string of the molecule is Cc1cccc(C(=O)Nc2ccc(NC(=O)CNC3CCCCC3)cc2)c1. The van der Waals surface area contributed by atoms with E-state index in [-0.39, 0.29) is 11.8 Å². The Hall–Kier alpha value is -2.66. The van der Waals surface area contributed by atoms with Crippen LogP contribution in [-0.2, 0) is 4.79 Å². The van der Waals surface area contributed by atoms with Gasteiger partial charge < -0.3 is 16.0 Å². The molecule has 0 heterocycles. The van der Waals surface area contributed by atoms with E-state index in [1.54, 1.807) is 30.3 Å². The second-order valence-corrected chi connectivity index (χ2v) is 7.16. The summed E-state index contributed by atoms with van der Waals surface area (Å²) in [6, 6.07) is 15.1. The fourth-order valence-electron chi connectivity index (χ4n) is 3.38. The largest absolute Gasteiger partial charge is 0.325 e. The van der Waals surface area contributed by atoms with Crippen molar-refractivity contribution in [2.75, 3.05) is 17.2 Å². The quantitative estimate of drug-likeness (QED) is 0.721. The summed E-state index contributed by atoms with van der Waals surface area (Å²) in [5.74, 6) is -0.190. The van der Waals surface area contributed by atoms with Gasteiger partial charge in [-0.25, -0.2) is 0 Å². The van der Waals surface area contributed by atoms with E-state index >= 15 is 0 Å². The smallest absolute Gasteiger partial charge is 0.255 e. The molecule has 27 heavy (non-hydrogen) atoms. The Morgan fingerprint density at radius 1 is 0.926 bits per heavy atom. The predicted molar refractivity (Wildman–Crippen MR) is 109 cm³/mol. The maximum absolute atomic E-state index is 12.3. The van der Waals surface area contributed by atoms with Gasteiger partial charge in [0.05, 0.1) is 6.54 Å². The Bertz CT molecular complexity index is 780. The van der Waals surface area contributed by atoms with Crippen LogP contribution < -0.4 is 16.0 Å². The number of anilines is 2. The number of hydrogen-bond acceptors (Lipinski definition) is 3. The monoisotopic (exact) mass is 365 g/mol. The third-order valence-electron chi connectivity index (χ3n) is 4.86. The maximum Gasteiger partial charge on any atom is 0.255 e. The van der Waals surface area contributed by atoms with Crippen molar-refractivity contribution in [2.24, 2.45) is 0 Å². The first kappa shape index (κ1) is 19.1. The highest BCUT2D eigenvalue weighted by molar-refractivity contribution is 6.04. The van der Waals surface area contributed by atoms with Crippen molar-refractivity contribution in [3.8, 4) is 0 Å². The van der Waals surface area contributed by atoms with E-state index in [2.05, 4.69) is 16.0 Å². The number of carbonyl (C=O) groups is 2. The maximum atomic E-state index is 12.3. The molecule has 0 aromatic heterocycles. The first-order valence-electron chi connectivity index (χ1n) is 9.61. The van der Waals surface area contributed by atoms with Gasteiger partial charge in [-0.3, -0.25) is 9.59 Å². The van der Waals surface area contributed by atoms with E-state index in [9.17, 15) is 9.59 Å². The van der Waals surface area contributed by atoms with Gasteiger partial charge in [0.1, 0.15) is 0 Å². The third kappa shape index (κ3) is 5.93. The zero-order chi connectivity index (χ0) is 19.1. The summed E-state index contributed by atoms with van der Waals surface area (Å²) in [6.07, 6.45) is 6.10. The average molecular weight is 365 g/mol. The molecule has 2 aromatic carbocycles. The van der Waals surface area contributed by atoms with Crippen molar-refractivity contribution in [2.45, 2.75) is 45.1 Å². The van der Waals surface area contributed by atoms with Gasteiger partial charge >= 0.3 is 0 Å².